The molecular weight excluding hydrogens is 192 g/mol. The van der Waals surface area contributed by atoms with Crippen LogP contribution in [0.3, 0.4) is 0 Å². The lowest BCUT2D eigenvalue weighted by Gasteiger charge is -2.18. The number of nitrogens with two attached hydrogens (primary N) is 1. The molecule has 1 unspecified atom stereocenters. The zero-order chi connectivity index (χ0) is 10.4. The van der Waals surface area contributed by atoms with Gasteiger partial charge in [-0.15, -0.1) is 0 Å². The highest BCUT2D eigenvalue weighted by molar-refractivity contribution is 7.80. The Hall–Kier alpha value is -1.09. The second-order valence-corrected chi connectivity index (χ2v) is 3.70. The highest BCUT2D eigenvalue weighted by Gasteiger charge is 2.09. The smallest absolute Gasteiger partial charge is 0.164 e. The molecule has 0 heterocycles. The quantitative estimate of drug-likeness (QED) is 0.746. The normalized spacial score (nSPS) is 12.1. The van der Waals surface area contributed by atoms with Gasteiger partial charge in [-0.25, -0.2) is 0 Å². The SMILES string of the molecule is CCCC(NC(N)=S)c1ccccc1. The van der Waals surface area contributed by atoms with Crippen molar-refractivity contribution < 1.29 is 0 Å². The monoisotopic (exact) mass is 208 g/mol. The van der Waals surface area contributed by atoms with E-state index in [1.54, 1.807) is 0 Å². The van der Waals surface area contributed by atoms with E-state index in [1.165, 1.54) is 5.56 Å². The first-order chi connectivity index (χ1) is 6.74. The fourth-order valence-corrected chi connectivity index (χ4v) is 1.61. The highest BCUT2D eigenvalue weighted by atomic mass is 32.1. The van der Waals surface area contributed by atoms with Gasteiger partial charge in [-0.1, -0.05) is 43.7 Å². The van der Waals surface area contributed by atoms with Crippen LogP contribution < -0.4 is 11.1 Å². The standard InChI is InChI=1S/C11H16N2S/c1-2-6-10(13-11(12)14)9-7-4-3-5-8-9/h3-5,7-8,10H,2,6H2,1H3,(H3,12,13,14). The molecule has 14 heavy (non-hydrogen) atoms. The Bertz CT molecular complexity index is 285. The van der Waals surface area contributed by atoms with Crippen LogP contribution in [0, 0.1) is 0 Å². The number of benzene rings is 1. The molecule has 0 aliphatic heterocycles. The van der Waals surface area contributed by atoms with E-state index in [4.69, 9.17) is 18.0 Å². The molecule has 0 aliphatic carbocycles. The van der Waals surface area contributed by atoms with Gasteiger partial charge in [-0.3, -0.25) is 0 Å². The summed E-state index contributed by atoms with van der Waals surface area (Å²) in [6.45, 7) is 2.15. The number of hydrogen-bond acceptors (Lipinski definition) is 1. The fraction of sp³-hybridized carbons (Fsp3) is 0.364. The summed E-state index contributed by atoms with van der Waals surface area (Å²) in [4.78, 5) is 0. The van der Waals surface area contributed by atoms with E-state index in [1.807, 2.05) is 18.2 Å². The zero-order valence-corrected chi connectivity index (χ0v) is 9.18. The average molecular weight is 208 g/mol. The zero-order valence-electron chi connectivity index (χ0n) is 8.36. The van der Waals surface area contributed by atoms with E-state index in [0.29, 0.717) is 5.11 Å². The number of hydrogen-bond donors (Lipinski definition) is 2. The summed E-state index contributed by atoms with van der Waals surface area (Å²) in [5.74, 6) is 0. The Labute approximate surface area is 90.5 Å². The van der Waals surface area contributed by atoms with Crippen molar-refractivity contribution in [2.45, 2.75) is 25.8 Å². The van der Waals surface area contributed by atoms with E-state index in [2.05, 4.69) is 24.4 Å². The fourth-order valence-electron chi connectivity index (χ4n) is 1.47. The second-order valence-electron chi connectivity index (χ2n) is 3.26. The molecular formula is C11H16N2S. The van der Waals surface area contributed by atoms with E-state index in [9.17, 15) is 0 Å². The molecule has 3 heteroatoms. The van der Waals surface area contributed by atoms with Crippen molar-refractivity contribution in [3.63, 3.8) is 0 Å². The first-order valence-electron chi connectivity index (χ1n) is 4.85. The highest BCUT2D eigenvalue weighted by Crippen LogP contribution is 2.17. The van der Waals surface area contributed by atoms with Crippen molar-refractivity contribution in [2.75, 3.05) is 0 Å². The lowest BCUT2D eigenvalue weighted by molar-refractivity contribution is 0.582. The molecule has 0 saturated carbocycles. The Morgan fingerprint density at radius 2 is 2.07 bits per heavy atom. The van der Waals surface area contributed by atoms with Crippen LogP contribution in [-0.4, -0.2) is 5.11 Å². The minimum Gasteiger partial charge on any atom is -0.376 e. The lowest BCUT2D eigenvalue weighted by atomic mass is 10.0. The summed E-state index contributed by atoms with van der Waals surface area (Å²) in [6, 6.07) is 10.5. The maximum absolute atomic E-state index is 5.48. The maximum Gasteiger partial charge on any atom is 0.164 e. The first kappa shape index (κ1) is 11.0. The van der Waals surface area contributed by atoms with Crippen LogP contribution >= 0.6 is 12.2 Å². The summed E-state index contributed by atoms with van der Waals surface area (Å²) in [7, 11) is 0. The molecule has 0 fully saturated rings. The third-order valence-corrected chi connectivity index (χ3v) is 2.21. The summed E-state index contributed by atoms with van der Waals surface area (Å²) in [5.41, 5.74) is 6.72. The Morgan fingerprint density at radius 1 is 1.43 bits per heavy atom. The minimum absolute atomic E-state index is 0.249. The van der Waals surface area contributed by atoms with Crippen molar-refractivity contribution in [3.8, 4) is 0 Å². The van der Waals surface area contributed by atoms with Gasteiger partial charge in [0.05, 0.1) is 6.04 Å². The van der Waals surface area contributed by atoms with Crippen LogP contribution in [0.5, 0.6) is 0 Å². The summed E-state index contributed by atoms with van der Waals surface area (Å²) < 4.78 is 0. The first-order valence-corrected chi connectivity index (χ1v) is 5.25. The third-order valence-electron chi connectivity index (χ3n) is 2.10. The Kier molecular flexibility index (Phi) is 4.40. The Balaban J connectivity index is 2.72. The van der Waals surface area contributed by atoms with Crippen LogP contribution in [0.25, 0.3) is 0 Å². The average Bonchev–Trinajstić information content (AvgIpc) is 2.18. The number of rotatable bonds is 4. The van der Waals surface area contributed by atoms with Crippen molar-refractivity contribution in [1.29, 1.82) is 0 Å². The molecule has 76 valence electrons. The van der Waals surface area contributed by atoms with Crippen LogP contribution in [0.1, 0.15) is 31.4 Å². The van der Waals surface area contributed by atoms with Crippen LogP contribution in [0.15, 0.2) is 30.3 Å². The van der Waals surface area contributed by atoms with Crippen LogP contribution in [0.2, 0.25) is 0 Å². The van der Waals surface area contributed by atoms with E-state index in [-0.39, 0.29) is 6.04 Å². The van der Waals surface area contributed by atoms with Gasteiger partial charge in [0.25, 0.3) is 0 Å². The van der Waals surface area contributed by atoms with Crippen molar-refractivity contribution in [2.24, 2.45) is 5.73 Å². The molecule has 1 atom stereocenters. The van der Waals surface area contributed by atoms with Crippen molar-refractivity contribution in [3.05, 3.63) is 35.9 Å². The molecule has 0 aromatic heterocycles. The molecule has 1 aromatic rings. The van der Waals surface area contributed by atoms with Gasteiger partial charge in [0.2, 0.25) is 0 Å². The summed E-state index contributed by atoms with van der Waals surface area (Å²) in [5, 5.41) is 3.47. The molecule has 2 nitrogen and oxygen atoms in total. The summed E-state index contributed by atoms with van der Waals surface area (Å²) >= 11 is 4.85. The van der Waals surface area contributed by atoms with Gasteiger partial charge in [0, 0.05) is 0 Å². The third kappa shape index (κ3) is 3.34. The molecule has 0 amide bonds. The Morgan fingerprint density at radius 3 is 2.57 bits per heavy atom. The second kappa shape index (κ2) is 5.60. The molecule has 0 spiro atoms. The van der Waals surface area contributed by atoms with Gasteiger partial charge in [0.15, 0.2) is 5.11 Å². The van der Waals surface area contributed by atoms with Gasteiger partial charge >= 0.3 is 0 Å². The van der Waals surface area contributed by atoms with Gasteiger partial charge in [-0.2, -0.15) is 0 Å². The maximum atomic E-state index is 5.48. The topological polar surface area (TPSA) is 38.0 Å². The minimum atomic E-state index is 0.249. The van der Waals surface area contributed by atoms with Crippen LogP contribution in [-0.2, 0) is 0 Å². The van der Waals surface area contributed by atoms with E-state index < -0.39 is 0 Å². The lowest BCUT2D eigenvalue weighted by Crippen LogP contribution is -2.32. The number of nitrogens with one attached hydrogen (secondary N) is 1. The molecule has 1 aromatic carbocycles. The van der Waals surface area contributed by atoms with Gasteiger partial charge in [0.1, 0.15) is 0 Å². The van der Waals surface area contributed by atoms with Crippen molar-refractivity contribution >= 4 is 17.3 Å². The molecule has 0 aliphatic rings. The molecule has 0 radical (unpaired) electrons. The predicted octanol–water partition coefficient (Wildman–Crippen LogP) is 2.36. The molecule has 0 bridgehead atoms. The molecule has 0 saturated heterocycles. The summed E-state index contributed by atoms with van der Waals surface area (Å²) in [6.07, 6.45) is 2.15. The number of thiocarbonyl (C=S) groups is 1. The van der Waals surface area contributed by atoms with Gasteiger partial charge in [-0.05, 0) is 24.2 Å². The molecule has 1 rings (SSSR count). The van der Waals surface area contributed by atoms with Gasteiger partial charge < -0.3 is 11.1 Å². The van der Waals surface area contributed by atoms with Crippen molar-refractivity contribution in [1.82, 2.24) is 5.32 Å². The van der Waals surface area contributed by atoms with Crippen LogP contribution in [0.4, 0.5) is 0 Å². The predicted molar refractivity (Wildman–Crippen MR) is 64.0 cm³/mol. The molecule has 3 N–H and O–H groups in total. The van der Waals surface area contributed by atoms with E-state index in [0.717, 1.165) is 12.8 Å². The largest absolute Gasteiger partial charge is 0.376 e. The van der Waals surface area contributed by atoms with E-state index >= 15 is 0 Å².